The molecule has 0 aliphatic carbocycles. The van der Waals surface area contributed by atoms with Crippen molar-refractivity contribution in [2.24, 2.45) is 0 Å². The summed E-state index contributed by atoms with van der Waals surface area (Å²) in [6, 6.07) is 39.8. The van der Waals surface area contributed by atoms with Crippen LogP contribution in [0.1, 0.15) is 46.0 Å². The van der Waals surface area contributed by atoms with Crippen molar-refractivity contribution in [2.75, 3.05) is 32.6 Å². The van der Waals surface area contributed by atoms with Crippen LogP contribution in [0.15, 0.2) is 143 Å². The van der Waals surface area contributed by atoms with Gasteiger partial charge in [0.15, 0.2) is 22.9 Å². The average molecular weight is 1160 g/mol. The molecule has 22 heteroatoms. The minimum atomic E-state index is -0.750. The number of carbonyl (C=O) groups excluding carboxylic acids is 2. The van der Waals surface area contributed by atoms with Crippen molar-refractivity contribution in [1.82, 2.24) is 20.9 Å². The maximum atomic E-state index is 13.0. The van der Waals surface area contributed by atoms with Crippen LogP contribution < -0.4 is 29.6 Å². The lowest BCUT2D eigenvalue weighted by Gasteiger charge is -2.15. The fourth-order valence-corrected chi connectivity index (χ4v) is 7.32. The van der Waals surface area contributed by atoms with Crippen LogP contribution >= 0.6 is 80.8 Å². The first-order valence-electron chi connectivity index (χ1n) is 22.5. The van der Waals surface area contributed by atoms with Gasteiger partial charge in [-0.25, -0.2) is 0 Å². The Kier molecular flexibility index (Phi) is 23.9. The van der Waals surface area contributed by atoms with Crippen LogP contribution in [0.25, 0.3) is 44.9 Å². The predicted octanol–water partition coefficient (Wildman–Crippen LogP) is 14.5. The molecule has 2 aromatic heterocycles. The number of amides is 2. The van der Waals surface area contributed by atoms with Crippen LogP contribution in [0.4, 0.5) is 0 Å². The number of phenolic OH excluding ortho intramolecular Hbond substituents is 2. The number of nitrogens with zero attached hydrogens (tertiary/aromatic N) is 2. The molecule has 2 amide bonds. The second-order valence-electron chi connectivity index (χ2n) is 15.1. The zero-order chi connectivity index (χ0) is 54.4. The number of carbonyl (C=O) groups is 2. The first-order chi connectivity index (χ1) is 36.2. The molecule has 4 N–H and O–H groups in total. The monoisotopic (exact) mass is 1160 g/mol. The molecule has 0 spiro atoms. The molecule has 14 nitrogen and oxygen atoms in total. The van der Waals surface area contributed by atoms with E-state index >= 15 is 0 Å². The van der Waals surface area contributed by atoms with E-state index < -0.39 is 10.9 Å². The number of alkyl halides is 2. The summed E-state index contributed by atoms with van der Waals surface area (Å²) in [7, 11) is 3.15. The minimum Gasteiger partial charge on any atom is -0.507 e. The van der Waals surface area contributed by atoms with Gasteiger partial charge in [-0.05, 0) is 72.5 Å². The van der Waals surface area contributed by atoms with Gasteiger partial charge in [0.2, 0.25) is 0 Å². The van der Waals surface area contributed by atoms with Crippen molar-refractivity contribution < 1.29 is 47.8 Å². The van der Waals surface area contributed by atoms with Crippen molar-refractivity contribution >= 4 is 97.6 Å². The molecule has 0 radical (unpaired) electrons. The highest BCUT2D eigenvalue weighted by molar-refractivity contribution is 7.54. The fraction of sp³-hybridized carbons (Fsp3) is 0.170. The maximum Gasteiger partial charge on any atom is 0.450 e. The van der Waals surface area contributed by atoms with Gasteiger partial charge in [0.05, 0.1) is 51.9 Å². The first kappa shape index (κ1) is 59.5. The van der Waals surface area contributed by atoms with Gasteiger partial charge in [-0.15, -0.1) is 23.2 Å². The third-order valence-corrected chi connectivity index (χ3v) is 10.9. The van der Waals surface area contributed by atoms with Crippen molar-refractivity contribution in [3.8, 4) is 79.4 Å². The number of ether oxygens (including phenoxy) is 4. The Hall–Kier alpha value is -6.43. The lowest BCUT2D eigenvalue weighted by molar-refractivity contribution is 0.0939. The molecule has 75 heavy (non-hydrogen) atoms. The van der Waals surface area contributed by atoms with Gasteiger partial charge in [-0.3, -0.25) is 9.59 Å². The Bertz CT molecular complexity index is 3080. The Morgan fingerprint density at radius 1 is 0.573 bits per heavy atom. The number of rotatable bonds is 16. The van der Waals surface area contributed by atoms with E-state index in [4.69, 9.17) is 109 Å². The third-order valence-electron chi connectivity index (χ3n) is 10.3. The van der Waals surface area contributed by atoms with Gasteiger partial charge in [0.25, 0.3) is 11.8 Å². The van der Waals surface area contributed by atoms with E-state index in [9.17, 15) is 19.8 Å². The van der Waals surface area contributed by atoms with E-state index in [1.807, 2.05) is 91.9 Å². The summed E-state index contributed by atoms with van der Waals surface area (Å²) in [6.07, 6.45) is 0. The molecule has 8 rings (SSSR count). The molecule has 0 saturated heterocycles. The van der Waals surface area contributed by atoms with Gasteiger partial charge in [-0.2, -0.15) is 34.4 Å². The quantitative estimate of drug-likeness (QED) is 0.0530. The number of halogens is 7. The molecule has 392 valence electrons. The number of methoxy groups -OCH3 is 2. The number of aromatic hydroxyl groups is 2. The number of hydrogen-bond acceptors (Lipinski definition) is 12. The Labute approximate surface area is 468 Å². The van der Waals surface area contributed by atoms with Gasteiger partial charge >= 0.3 is 4.96 Å². The second-order valence-corrected chi connectivity index (χ2v) is 18.7. The van der Waals surface area contributed by atoms with E-state index in [0.29, 0.717) is 82.3 Å². The molecule has 2 heterocycles. The molecule has 8 aromatic rings. The topological polar surface area (TPSA) is 188 Å². The van der Waals surface area contributed by atoms with Crippen molar-refractivity contribution in [3.63, 3.8) is 0 Å². The van der Waals surface area contributed by atoms with Crippen LogP contribution in [0.2, 0.25) is 10.0 Å². The summed E-state index contributed by atoms with van der Waals surface area (Å²) in [5.41, 5.74) is 5.20. The first-order valence-corrected chi connectivity index (χ1v) is 25.6. The number of hydrogen-bond donors (Lipinski definition) is 4. The number of phenols is 2. The Morgan fingerprint density at radius 2 is 0.973 bits per heavy atom. The molecular formula is C53H48BCl7N4O10. The summed E-state index contributed by atoms with van der Waals surface area (Å²) in [6.45, 7) is 5.11. The highest BCUT2D eigenvalue weighted by atomic mass is 35.6. The van der Waals surface area contributed by atoms with Crippen LogP contribution in [0, 0.1) is 0 Å². The summed E-state index contributed by atoms with van der Waals surface area (Å²) in [5.74, 6) is 1.45. The van der Waals surface area contributed by atoms with Gasteiger partial charge in [-0.1, -0.05) is 118 Å². The summed E-state index contributed by atoms with van der Waals surface area (Å²) in [5, 5.41) is 34.0. The highest BCUT2D eigenvalue weighted by Crippen LogP contribution is 2.45. The predicted molar refractivity (Wildman–Crippen MR) is 299 cm³/mol. The van der Waals surface area contributed by atoms with Gasteiger partial charge in [0, 0.05) is 25.2 Å². The zero-order valence-electron chi connectivity index (χ0n) is 40.5. The molecule has 0 unspecified atom stereocenters. The fourth-order valence-electron chi connectivity index (χ4n) is 6.94. The van der Waals surface area contributed by atoms with E-state index in [0.717, 1.165) is 22.8 Å². The van der Waals surface area contributed by atoms with Crippen LogP contribution in [0.3, 0.4) is 0 Å². The third kappa shape index (κ3) is 16.8. The number of benzene rings is 6. The van der Waals surface area contributed by atoms with Crippen molar-refractivity contribution in [3.05, 3.63) is 166 Å². The average Bonchev–Trinajstić information content (AvgIpc) is 4.06. The minimum absolute atomic E-state index is 0.0273. The van der Waals surface area contributed by atoms with Crippen molar-refractivity contribution in [1.29, 1.82) is 0 Å². The smallest absolute Gasteiger partial charge is 0.450 e. The number of nitrogens with one attached hydrogen (secondary N) is 2. The normalized spacial score (nSPS) is 10.3. The van der Waals surface area contributed by atoms with Gasteiger partial charge < -0.3 is 48.8 Å². The Morgan fingerprint density at radius 3 is 1.39 bits per heavy atom. The van der Waals surface area contributed by atoms with Gasteiger partial charge in [0.1, 0.15) is 47.7 Å². The Balaban J connectivity index is 0.000000263. The van der Waals surface area contributed by atoms with Crippen LogP contribution in [-0.2, 0) is 13.2 Å². The lowest BCUT2D eigenvalue weighted by Crippen LogP contribution is -2.23. The largest absolute Gasteiger partial charge is 0.507 e. The maximum absolute atomic E-state index is 13.0. The lowest BCUT2D eigenvalue weighted by atomic mass is 9.98. The number of aromatic nitrogens is 2. The van der Waals surface area contributed by atoms with E-state index in [1.165, 1.54) is 6.07 Å². The molecule has 0 fully saturated rings. The van der Waals surface area contributed by atoms with Crippen LogP contribution in [0.5, 0.6) is 34.5 Å². The molecule has 0 aliphatic heterocycles. The molecule has 0 bridgehead atoms. The second kappa shape index (κ2) is 30.2. The highest BCUT2D eigenvalue weighted by Gasteiger charge is 2.29. The summed E-state index contributed by atoms with van der Waals surface area (Å²) >= 11 is 36.7. The molecule has 0 atom stereocenters. The summed E-state index contributed by atoms with van der Waals surface area (Å²) in [4.78, 5) is 24.7. The van der Waals surface area contributed by atoms with E-state index in [2.05, 4.69) is 20.9 Å². The molecule has 0 aliphatic rings. The molecular weight excluding hydrogens is 1110 g/mol. The standard InChI is InChI=1S/C33H29ClN2O5.C19H17ClN2O5.CH2Cl2.BCl3/c1-3-35-33(37)31-30(24-14-16-25(38-2)17-15-24)32(41-36-31)26-18-27(34)29(40-21-23-12-8-5-9-13-23)19-28(26)39-20-22-10-6-4-7-11-22;1-3-21-19(25)17-16(10-4-6-11(26-2)7-5-10)18(27-22-17)12-8-13(20)15(24)9-14(12)23;2-1-3;2-1(3)4/h4-19H,3,20-21H2,1-2H3,(H,35,37);4-9,23-24H,3H2,1-2H3,(H,21,25);1H2;. The van der Waals surface area contributed by atoms with Crippen molar-refractivity contribution in [2.45, 2.75) is 27.1 Å². The van der Waals surface area contributed by atoms with E-state index in [-0.39, 0.29) is 50.5 Å². The molecule has 0 saturated carbocycles. The summed E-state index contributed by atoms with van der Waals surface area (Å²) < 4.78 is 34.1. The van der Waals surface area contributed by atoms with Crippen LogP contribution in [-0.4, -0.2) is 69.9 Å². The molecule has 6 aromatic carbocycles. The zero-order valence-corrected chi connectivity index (χ0v) is 45.8. The van der Waals surface area contributed by atoms with E-state index in [1.54, 1.807) is 57.5 Å². The SMILES string of the molecule is CCNC(=O)c1noc(-c2cc(Cl)c(O)cc2O)c1-c1ccc(OC)cc1.CCNC(=O)c1noc(-c2cc(Cl)c(OCc3ccccc3)cc2OCc2ccccc2)c1-c1ccc(OC)cc1.ClB(Cl)Cl.ClCCl.